The zero-order valence-corrected chi connectivity index (χ0v) is 13.4. The molecule has 0 saturated heterocycles. The van der Waals surface area contributed by atoms with Crippen LogP contribution in [0.1, 0.15) is 24.0 Å². The maximum absolute atomic E-state index is 14.0. The molecule has 0 bridgehead atoms. The third kappa shape index (κ3) is 2.26. The van der Waals surface area contributed by atoms with Gasteiger partial charge in [0.1, 0.15) is 5.82 Å². The van der Waals surface area contributed by atoms with Crippen molar-refractivity contribution in [1.82, 2.24) is 0 Å². The summed E-state index contributed by atoms with van der Waals surface area (Å²) in [6.45, 7) is 0. The topological polar surface area (TPSA) is 63.2 Å². The van der Waals surface area contributed by atoms with E-state index < -0.39 is 21.1 Å². The number of fused-ring (bicyclic) bond motifs is 1. The second-order valence-corrected chi connectivity index (χ2v) is 7.92. The van der Waals surface area contributed by atoms with Crippen LogP contribution in [-0.4, -0.2) is 14.3 Å². The third-order valence-electron chi connectivity index (χ3n) is 4.58. The van der Waals surface area contributed by atoms with Crippen molar-refractivity contribution in [3.05, 3.63) is 64.8 Å². The smallest absolute Gasteiger partial charge is 0.235 e. The number of anilines is 1. The monoisotopic (exact) mass is 343 g/mol. The molecule has 0 unspecified atom stereocenters. The standard InChI is InChI=1S/C18H14FNO3S/c19-15-4-2-1-3-14(15)18(8-9-18)17(21)20-13-6-5-12-7-10-24(22,23)16(12)11-13/h1-7,10-11H,8-9H2,(H,20,21). The normalized spacial score (nSPS) is 18.9. The lowest BCUT2D eigenvalue weighted by atomic mass is 9.94. The zero-order chi connectivity index (χ0) is 16.9. The maximum Gasteiger partial charge on any atom is 0.235 e. The SMILES string of the molecule is O=C(Nc1ccc2c(c1)S(=O)(=O)C=C2)C1(c2ccccc2F)CC1. The van der Waals surface area contributed by atoms with Gasteiger partial charge in [-0.05, 0) is 42.7 Å². The molecule has 0 atom stereocenters. The molecule has 1 aliphatic carbocycles. The van der Waals surface area contributed by atoms with Gasteiger partial charge in [-0.15, -0.1) is 0 Å². The molecule has 1 aliphatic heterocycles. The van der Waals surface area contributed by atoms with Crippen LogP contribution in [0.15, 0.2) is 52.8 Å². The zero-order valence-electron chi connectivity index (χ0n) is 12.6. The summed E-state index contributed by atoms with van der Waals surface area (Å²) in [6, 6.07) is 11.0. The summed E-state index contributed by atoms with van der Waals surface area (Å²) in [5, 5.41) is 3.88. The molecule has 2 aliphatic rings. The Hall–Kier alpha value is -2.47. The molecule has 1 amide bonds. The average Bonchev–Trinajstić information content (AvgIpc) is 3.30. The minimum Gasteiger partial charge on any atom is -0.325 e. The van der Waals surface area contributed by atoms with Crippen molar-refractivity contribution in [2.24, 2.45) is 0 Å². The van der Waals surface area contributed by atoms with Gasteiger partial charge in [0.15, 0.2) is 0 Å². The Kier molecular flexibility index (Phi) is 3.15. The maximum atomic E-state index is 14.0. The first kappa shape index (κ1) is 15.1. The Morgan fingerprint density at radius 1 is 1.12 bits per heavy atom. The van der Waals surface area contributed by atoms with Crippen molar-refractivity contribution in [3.63, 3.8) is 0 Å². The molecule has 1 N–H and O–H groups in total. The lowest BCUT2D eigenvalue weighted by Crippen LogP contribution is -2.28. The van der Waals surface area contributed by atoms with E-state index in [9.17, 15) is 17.6 Å². The van der Waals surface area contributed by atoms with Gasteiger partial charge in [-0.2, -0.15) is 0 Å². The highest BCUT2D eigenvalue weighted by atomic mass is 32.2. The van der Waals surface area contributed by atoms with Crippen LogP contribution in [0.5, 0.6) is 0 Å². The van der Waals surface area contributed by atoms with E-state index in [1.54, 1.807) is 30.3 Å². The van der Waals surface area contributed by atoms with Gasteiger partial charge < -0.3 is 5.32 Å². The van der Waals surface area contributed by atoms with Crippen LogP contribution in [0.4, 0.5) is 10.1 Å². The van der Waals surface area contributed by atoms with E-state index in [1.807, 2.05) is 0 Å². The number of rotatable bonds is 3. The minimum absolute atomic E-state index is 0.177. The predicted molar refractivity (Wildman–Crippen MR) is 88.6 cm³/mol. The summed E-state index contributed by atoms with van der Waals surface area (Å²) in [6.07, 6.45) is 2.67. The first-order chi connectivity index (χ1) is 11.4. The van der Waals surface area contributed by atoms with Crippen LogP contribution in [0.2, 0.25) is 0 Å². The first-order valence-electron chi connectivity index (χ1n) is 7.56. The number of sulfone groups is 1. The van der Waals surface area contributed by atoms with Crippen LogP contribution in [-0.2, 0) is 20.0 Å². The third-order valence-corrected chi connectivity index (χ3v) is 6.04. The molecular formula is C18H14FNO3S. The lowest BCUT2D eigenvalue weighted by molar-refractivity contribution is -0.118. The Morgan fingerprint density at radius 2 is 1.88 bits per heavy atom. The quantitative estimate of drug-likeness (QED) is 0.930. The van der Waals surface area contributed by atoms with Gasteiger partial charge in [0.25, 0.3) is 0 Å². The van der Waals surface area contributed by atoms with Crippen molar-refractivity contribution in [2.75, 3.05) is 5.32 Å². The Bertz CT molecular complexity index is 991. The summed E-state index contributed by atoms with van der Waals surface area (Å²) < 4.78 is 37.9. The average molecular weight is 343 g/mol. The molecule has 4 nitrogen and oxygen atoms in total. The summed E-state index contributed by atoms with van der Waals surface area (Å²) in [5.41, 5.74) is 0.524. The van der Waals surface area contributed by atoms with Crippen molar-refractivity contribution >= 4 is 27.5 Å². The molecular weight excluding hydrogens is 329 g/mol. The second kappa shape index (κ2) is 5.01. The number of hydrogen-bond donors (Lipinski definition) is 1. The van der Waals surface area contributed by atoms with Crippen LogP contribution in [0, 0.1) is 5.82 Å². The Balaban J connectivity index is 1.63. The van der Waals surface area contributed by atoms with Gasteiger partial charge in [0.2, 0.25) is 15.7 Å². The van der Waals surface area contributed by atoms with Crippen molar-refractivity contribution in [2.45, 2.75) is 23.2 Å². The highest BCUT2D eigenvalue weighted by molar-refractivity contribution is 7.94. The van der Waals surface area contributed by atoms with Crippen LogP contribution in [0.3, 0.4) is 0 Å². The lowest BCUT2D eigenvalue weighted by Gasteiger charge is -2.17. The van der Waals surface area contributed by atoms with E-state index in [0.29, 0.717) is 29.7 Å². The van der Waals surface area contributed by atoms with Crippen molar-refractivity contribution in [3.8, 4) is 0 Å². The van der Waals surface area contributed by atoms with E-state index in [2.05, 4.69) is 5.32 Å². The number of halogens is 1. The molecule has 24 heavy (non-hydrogen) atoms. The van der Waals surface area contributed by atoms with Crippen molar-refractivity contribution in [1.29, 1.82) is 0 Å². The molecule has 1 fully saturated rings. The molecule has 0 radical (unpaired) electrons. The first-order valence-corrected chi connectivity index (χ1v) is 9.11. The molecule has 122 valence electrons. The van der Waals surface area contributed by atoms with Crippen LogP contribution in [0.25, 0.3) is 6.08 Å². The van der Waals surface area contributed by atoms with E-state index in [0.717, 1.165) is 5.41 Å². The van der Waals surface area contributed by atoms with Crippen LogP contribution >= 0.6 is 0 Å². The molecule has 1 saturated carbocycles. The largest absolute Gasteiger partial charge is 0.325 e. The number of amides is 1. The van der Waals surface area contributed by atoms with Crippen LogP contribution < -0.4 is 5.32 Å². The fraction of sp³-hybridized carbons (Fsp3) is 0.167. The molecule has 0 aromatic heterocycles. The number of carbonyl (C=O) groups excluding carboxylic acids is 1. The highest BCUT2D eigenvalue weighted by Crippen LogP contribution is 2.49. The van der Waals surface area contributed by atoms with Gasteiger partial charge in [0, 0.05) is 16.7 Å². The molecule has 0 spiro atoms. The van der Waals surface area contributed by atoms with E-state index in [4.69, 9.17) is 0 Å². The fourth-order valence-corrected chi connectivity index (χ4v) is 4.30. The van der Waals surface area contributed by atoms with E-state index >= 15 is 0 Å². The number of benzene rings is 2. The highest BCUT2D eigenvalue weighted by Gasteiger charge is 2.52. The van der Waals surface area contributed by atoms with E-state index in [1.165, 1.54) is 18.2 Å². The predicted octanol–water partition coefficient (Wildman–Crippen LogP) is 3.25. The fourth-order valence-electron chi connectivity index (χ4n) is 3.08. The minimum atomic E-state index is -3.43. The van der Waals surface area contributed by atoms with Gasteiger partial charge in [-0.3, -0.25) is 4.79 Å². The van der Waals surface area contributed by atoms with Crippen molar-refractivity contribution < 1.29 is 17.6 Å². The summed E-state index contributed by atoms with van der Waals surface area (Å²) in [4.78, 5) is 12.8. The van der Waals surface area contributed by atoms with Gasteiger partial charge in [0.05, 0.1) is 10.3 Å². The molecule has 4 rings (SSSR count). The number of carbonyl (C=O) groups is 1. The van der Waals surface area contributed by atoms with Gasteiger partial charge >= 0.3 is 0 Å². The Labute approximate surface area is 138 Å². The second-order valence-electron chi connectivity index (χ2n) is 6.12. The Morgan fingerprint density at radius 3 is 2.58 bits per heavy atom. The summed E-state index contributed by atoms with van der Waals surface area (Å²) >= 11 is 0. The molecule has 1 heterocycles. The number of hydrogen-bond acceptors (Lipinski definition) is 3. The summed E-state index contributed by atoms with van der Waals surface area (Å²) in [5.74, 6) is -0.707. The van der Waals surface area contributed by atoms with Gasteiger partial charge in [-0.1, -0.05) is 24.3 Å². The molecule has 6 heteroatoms. The number of nitrogens with one attached hydrogen (secondary N) is 1. The molecule has 2 aromatic carbocycles. The molecule has 2 aromatic rings. The van der Waals surface area contributed by atoms with E-state index in [-0.39, 0.29) is 10.8 Å². The summed E-state index contributed by atoms with van der Waals surface area (Å²) in [7, 11) is -3.43. The van der Waals surface area contributed by atoms with Gasteiger partial charge in [-0.25, -0.2) is 12.8 Å².